The number of hydrogen-bond donors (Lipinski definition) is 0. The van der Waals surface area contributed by atoms with Crippen LogP contribution in [0.15, 0.2) is 81.0 Å². The first-order valence-corrected chi connectivity index (χ1v) is 13.1. The average molecular weight is 560 g/mol. The third kappa shape index (κ3) is 5.69. The lowest BCUT2D eigenvalue weighted by Gasteiger charge is -2.15. The molecule has 5 aromatic rings. The third-order valence-electron chi connectivity index (χ3n) is 5.76. The van der Waals surface area contributed by atoms with Crippen LogP contribution in [0.1, 0.15) is 26.3 Å². The molecule has 0 saturated heterocycles. The fourth-order valence-electron chi connectivity index (χ4n) is 4.10. The second kappa shape index (κ2) is 11.6. The minimum Gasteiger partial charge on any atom is -0.490 e. The van der Waals surface area contributed by atoms with E-state index in [4.69, 9.17) is 35.2 Å². The van der Waals surface area contributed by atoms with Gasteiger partial charge in [0.1, 0.15) is 5.58 Å². The molecule has 10 heteroatoms. The topological polar surface area (TPSA) is 105 Å². The second-order valence-corrected chi connectivity index (χ2v) is 9.46. The minimum absolute atomic E-state index is 0.200. The lowest BCUT2D eigenvalue weighted by atomic mass is 10.2. The van der Waals surface area contributed by atoms with Crippen LogP contribution in [-0.2, 0) is 9.53 Å². The molecule has 0 aliphatic heterocycles. The summed E-state index contributed by atoms with van der Waals surface area (Å²) < 4.78 is 23.7. The molecule has 0 fully saturated rings. The number of furan rings is 1. The Labute approximate surface area is 234 Å². The fourth-order valence-corrected chi connectivity index (χ4v) is 4.37. The van der Waals surface area contributed by atoms with Crippen LogP contribution in [0.4, 0.5) is 0 Å². The molecule has 0 aliphatic carbocycles. The maximum absolute atomic E-state index is 13.5. The summed E-state index contributed by atoms with van der Waals surface area (Å²) in [6.07, 6.45) is 1.20. The highest BCUT2D eigenvalue weighted by atomic mass is 35.5. The SMILES string of the molecule is CCOc1cc(C=Nn2c(-c3cc4ccccc4o3)nc3ccccc3c2=O)cc(Cl)c1OCC(=O)OC(C)C. The molecule has 9 nitrogen and oxygen atoms in total. The Hall–Kier alpha value is -4.63. The van der Waals surface area contributed by atoms with Crippen molar-refractivity contribution in [3.8, 4) is 23.1 Å². The Morgan fingerprint density at radius 2 is 1.88 bits per heavy atom. The van der Waals surface area contributed by atoms with Gasteiger partial charge in [0.05, 0.1) is 34.9 Å². The van der Waals surface area contributed by atoms with E-state index in [1.54, 1.807) is 44.2 Å². The molecule has 40 heavy (non-hydrogen) atoms. The smallest absolute Gasteiger partial charge is 0.344 e. The molecule has 0 radical (unpaired) electrons. The summed E-state index contributed by atoms with van der Waals surface area (Å²) in [6, 6.07) is 19.6. The van der Waals surface area contributed by atoms with Gasteiger partial charge in [0.15, 0.2) is 23.9 Å². The number of aromatic nitrogens is 2. The quantitative estimate of drug-likeness (QED) is 0.159. The molecule has 0 N–H and O–H groups in total. The van der Waals surface area contributed by atoms with Gasteiger partial charge in [-0.3, -0.25) is 4.79 Å². The minimum atomic E-state index is -0.527. The van der Waals surface area contributed by atoms with E-state index in [1.165, 1.54) is 10.9 Å². The number of ether oxygens (including phenoxy) is 3. The number of carbonyl (C=O) groups is 1. The van der Waals surface area contributed by atoms with Crippen molar-refractivity contribution in [2.75, 3.05) is 13.2 Å². The summed E-state index contributed by atoms with van der Waals surface area (Å²) in [6.45, 7) is 5.31. The maximum Gasteiger partial charge on any atom is 0.344 e. The molecular weight excluding hydrogens is 534 g/mol. The Bertz CT molecular complexity index is 1760. The third-order valence-corrected chi connectivity index (χ3v) is 6.04. The molecule has 0 amide bonds. The number of rotatable bonds is 9. The van der Waals surface area contributed by atoms with Gasteiger partial charge in [0, 0.05) is 5.39 Å². The maximum atomic E-state index is 13.5. The van der Waals surface area contributed by atoms with Gasteiger partial charge in [-0.1, -0.05) is 41.9 Å². The van der Waals surface area contributed by atoms with Crippen molar-refractivity contribution >= 4 is 45.7 Å². The summed E-state index contributed by atoms with van der Waals surface area (Å²) in [5, 5.41) is 5.96. The molecular formula is C30H26ClN3O6. The number of hydrogen-bond acceptors (Lipinski definition) is 8. The monoisotopic (exact) mass is 559 g/mol. The number of benzene rings is 3. The van der Waals surface area contributed by atoms with Crippen molar-refractivity contribution in [3.05, 3.63) is 87.7 Å². The Balaban J connectivity index is 1.55. The van der Waals surface area contributed by atoms with Crippen LogP contribution in [0.25, 0.3) is 33.5 Å². The molecule has 0 atom stereocenters. The summed E-state index contributed by atoms with van der Waals surface area (Å²) in [5.74, 6) is 0.631. The highest BCUT2D eigenvalue weighted by Gasteiger charge is 2.18. The second-order valence-electron chi connectivity index (χ2n) is 9.05. The molecule has 0 unspecified atom stereocenters. The average Bonchev–Trinajstić information content (AvgIpc) is 3.36. The Morgan fingerprint density at radius 1 is 1.10 bits per heavy atom. The number of fused-ring (bicyclic) bond motifs is 2. The number of nitrogens with zero attached hydrogens (tertiary/aromatic N) is 3. The zero-order chi connectivity index (χ0) is 28.2. The molecule has 3 aromatic carbocycles. The first kappa shape index (κ1) is 27.0. The van der Waals surface area contributed by atoms with Crippen molar-refractivity contribution in [2.45, 2.75) is 26.9 Å². The normalized spacial score (nSPS) is 11.5. The van der Waals surface area contributed by atoms with Crippen LogP contribution in [0.5, 0.6) is 11.5 Å². The number of esters is 1. The van der Waals surface area contributed by atoms with Gasteiger partial charge in [-0.15, -0.1) is 0 Å². The Kier molecular flexibility index (Phi) is 7.84. The standard InChI is InChI=1S/C30H26ClN3O6/c1-4-37-25-14-19(13-22(31)28(25)38-17-27(35)39-18(2)3)16-32-34-29(26-15-20-9-5-8-12-24(20)40-26)33-23-11-7-6-10-21(23)30(34)36/h5-16,18H,4,17H2,1-3H3. The van der Waals surface area contributed by atoms with Gasteiger partial charge in [-0.05, 0) is 62.7 Å². The lowest BCUT2D eigenvalue weighted by molar-refractivity contribution is -0.149. The zero-order valence-electron chi connectivity index (χ0n) is 22.1. The molecule has 2 aromatic heterocycles. The van der Waals surface area contributed by atoms with Crippen LogP contribution < -0.4 is 15.0 Å². The van der Waals surface area contributed by atoms with E-state index >= 15 is 0 Å². The zero-order valence-corrected chi connectivity index (χ0v) is 22.8. The Morgan fingerprint density at radius 3 is 2.65 bits per heavy atom. The van der Waals surface area contributed by atoms with Gasteiger partial charge in [0.2, 0.25) is 5.82 Å². The van der Waals surface area contributed by atoms with Gasteiger partial charge in [-0.2, -0.15) is 9.78 Å². The summed E-state index contributed by atoms with van der Waals surface area (Å²) in [7, 11) is 0. The van der Waals surface area contributed by atoms with Crippen molar-refractivity contribution in [1.82, 2.24) is 9.66 Å². The number of carbonyl (C=O) groups excluding carboxylic acids is 1. The van der Waals surface area contributed by atoms with Crippen molar-refractivity contribution in [1.29, 1.82) is 0 Å². The molecule has 2 heterocycles. The summed E-state index contributed by atoms with van der Waals surface area (Å²) in [4.78, 5) is 30.2. The van der Waals surface area contributed by atoms with E-state index in [0.717, 1.165) is 5.39 Å². The lowest BCUT2D eigenvalue weighted by Crippen LogP contribution is -2.20. The van der Waals surface area contributed by atoms with E-state index < -0.39 is 5.97 Å². The first-order valence-electron chi connectivity index (χ1n) is 12.7. The van der Waals surface area contributed by atoms with Gasteiger partial charge >= 0.3 is 5.97 Å². The molecule has 204 valence electrons. The van der Waals surface area contributed by atoms with Crippen LogP contribution in [0.3, 0.4) is 0 Å². The van der Waals surface area contributed by atoms with Crippen molar-refractivity contribution in [2.24, 2.45) is 5.10 Å². The van der Waals surface area contributed by atoms with Gasteiger partial charge < -0.3 is 18.6 Å². The van der Waals surface area contributed by atoms with Gasteiger partial charge in [0.25, 0.3) is 5.56 Å². The van der Waals surface area contributed by atoms with E-state index in [1.807, 2.05) is 43.3 Å². The predicted molar refractivity (Wildman–Crippen MR) is 154 cm³/mol. The molecule has 0 spiro atoms. The number of halogens is 1. The highest BCUT2D eigenvalue weighted by Crippen LogP contribution is 2.36. The molecule has 0 bridgehead atoms. The highest BCUT2D eigenvalue weighted by molar-refractivity contribution is 6.32. The molecule has 0 saturated carbocycles. The van der Waals surface area contributed by atoms with Gasteiger partial charge in [-0.25, -0.2) is 9.78 Å². The largest absolute Gasteiger partial charge is 0.490 e. The van der Waals surface area contributed by atoms with Crippen LogP contribution in [0.2, 0.25) is 5.02 Å². The van der Waals surface area contributed by atoms with E-state index in [0.29, 0.717) is 40.2 Å². The van der Waals surface area contributed by atoms with E-state index in [9.17, 15) is 9.59 Å². The first-order chi connectivity index (χ1) is 19.3. The van der Waals surface area contributed by atoms with Crippen LogP contribution >= 0.6 is 11.6 Å². The van der Waals surface area contributed by atoms with Crippen LogP contribution in [0, 0.1) is 0 Å². The number of para-hydroxylation sites is 2. The molecule has 0 aliphatic rings. The van der Waals surface area contributed by atoms with Crippen LogP contribution in [-0.4, -0.2) is 41.2 Å². The summed E-state index contributed by atoms with van der Waals surface area (Å²) in [5.41, 5.74) is 1.35. The molecule has 5 rings (SSSR count). The summed E-state index contributed by atoms with van der Waals surface area (Å²) >= 11 is 6.51. The van der Waals surface area contributed by atoms with Crippen molar-refractivity contribution in [3.63, 3.8) is 0 Å². The van der Waals surface area contributed by atoms with E-state index in [2.05, 4.69) is 5.10 Å². The predicted octanol–water partition coefficient (Wildman–Crippen LogP) is 6.07. The fraction of sp³-hybridized carbons (Fsp3) is 0.200. The van der Waals surface area contributed by atoms with Crippen molar-refractivity contribution < 1.29 is 23.4 Å². The van der Waals surface area contributed by atoms with E-state index in [-0.39, 0.29) is 34.9 Å².